The molecule has 0 saturated heterocycles. The summed E-state index contributed by atoms with van der Waals surface area (Å²) in [6.07, 6.45) is 12.3. The molecule has 2 aromatic heterocycles. The summed E-state index contributed by atoms with van der Waals surface area (Å²) in [4.78, 5) is 0. The quantitative estimate of drug-likeness (QED) is 0.0788. The Morgan fingerprint density at radius 1 is 0.583 bits per heavy atom. The van der Waals surface area contributed by atoms with E-state index in [1.54, 1.807) is 3.40 Å². The van der Waals surface area contributed by atoms with Crippen molar-refractivity contribution in [3.05, 3.63) is 82.4 Å². The molecule has 0 unspecified atom stereocenters. The standard InChI is InChI=1S/C34H34SeTe/c1-2-3-4-5-6-7-8-9-10-24-11-13-25(14-12-24)32-22-31-20-28-19-30-23-34-26(15-16-36-34)17-27(30)18-29(28)21-33(31)35-32/h11-23H,2-10H2,1H3. The van der Waals surface area contributed by atoms with Crippen molar-refractivity contribution in [2.24, 2.45) is 0 Å². The van der Waals surface area contributed by atoms with Crippen molar-refractivity contribution in [2.75, 3.05) is 0 Å². The van der Waals surface area contributed by atoms with Crippen molar-refractivity contribution < 1.29 is 0 Å². The Labute approximate surface area is 230 Å². The summed E-state index contributed by atoms with van der Waals surface area (Å²) in [7, 11) is 0. The van der Waals surface area contributed by atoms with E-state index in [0.29, 0.717) is 14.5 Å². The molecule has 0 aliphatic carbocycles. The summed E-state index contributed by atoms with van der Waals surface area (Å²) >= 11 is 0.264. The Morgan fingerprint density at radius 3 is 2.00 bits per heavy atom. The zero-order valence-electron chi connectivity index (χ0n) is 21.2. The van der Waals surface area contributed by atoms with Crippen molar-refractivity contribution in [3.63, 3.8) is 0 Å². The summed E-state index contributed by atoms with van der Waals surface area (Å²) in [6, 6.07) is 28.8. The number of rotatable bonds is 10. The van der Waals surface area contributed by atoms with E-state index in [-0.39, 0.29) is 20.4 Å². The predicted molar refractivity (Wildman–Crippen MR) is 162 cm³/mol. The van der Waals surface area contributed by atoms with E-state index in [9.17, 15) is 0 Å². The molecule has 0 amide bonds. The van der Waals surface area contributed by atoms with Gasteiger partial charge < -0.3 is 0 Å². The van der Waals surface area contributed by atoms with Crippen LogP contribution < -0.4 is 0 Å². The van der Waals surface area contributed by atoms with Crippen molar-refractivity contribution in [1.29, 1.82) is 0 Å². The van der Waals surface area contributed by atoms with Gasteiger partial charge in [-0.3, -0.25) is 0 Å². The van der Waals surface area contributed by atoms with Crippen molar-refractivity contribution in [3.8, 4) is 10.0 Å². The van der Waals surface area contributed by atoms with Crippen LogP contribution in [0.1, 0.15) is 63.9 Å². The van der Waals surface area contributed by atoms with Gasteiger partial charge in [-0.15, -0.1) is 0 Å². The van der Waals surface area contributed by atoms with Gasteiger partial charge in [-0.05, 0) is 0 Å². The fourth-order valence-electron chi connectivity index (χ4n) is 5.44. The van der Waals surface area contributed by atoms with Crippen LogP contribution in [0.4, 0.5) is 0 Å². The summed E-state index contributed by atoms with van der Waals surface area (Å²) in [5.74, 6) is 0. The molecule has 0 bridgehead atoms. The van der Waals surface area contributed by atoms with Crippen molar-refractivity contribution in [2.45, 2.75) is 64.7 Å². The first-order valence-corrected chi connectivity index (χ1v) is 17.9. The Kier molecular flexibility index (Phi) is 7.69. The van der Waals surface area contributed by atoms with Gasteiger partial charge in [-0.25, -0.2) is 0 Å². The van der Waals surface area contributed by atoms with Crippen LogP contribution in [0.25, 0.3) is 50.0 Å². The topological polar surface area (TPSA) is 0 Å². The van der Waals surface area contributed by atoms with E-state index in [4.69, 9.17) is 0 Å². The van der Waals surface area contributed by atoms with Crippen LogP contribution >= 0.6 is 0 Å². The van der Waals surface area contributed by atoms with Gasteiger partial charge in [0.1, 0.15) is 0 Å². The van der Waals surface area contributed by atoms with E-state index in [1.807, 2.05) is 0 Å². The van der Waals surface area contributed by atoms with Gasteiger partial charge in [0, 0.05) is 0 Å². The number of benzene rings is 4. The van der Waals surface area contributed by atoms with Crippen LogP contribution in [0.15, 0.2) is 76.9 Å². The Balaban J connectivity index is 1.16. The number of unbranched alkanes of at least 4 members (excludes halogenated alkanes) is 7. The Bertz CT molecular complexity index is 1530. The fraction of sp³-hybridized carbons (Fsp3) is 0.294. The van der Waals surface area contributed by atoms with Crippen LogP contribution in [0.3, 0.4) is 0 Å². The van der Waals surface area contributed by atoms with Gasteiger partial charge in [-0.2, -0.15) is 0 Å². The maximum absolute atomic E-state index is 2.46. The Morgan fingerprint density at radius 2 is 1.22 bits per heavy atom. The first-order valence-electron chi connectivity index (χ1n) is 13.6. The van der Waals surface area contributed by atoms with E-state index in [0.717, 1.165) is 0 Å². The molecule has 0 atom stereocenters. The number of aryl methyl sites for hydroxylation is 1. The number of fused-ring (bicyclic) bond motifs is 4. The summed E-state index contributed by atoms with van der Waals surface area (Å²) in [5, 5.41) is 8.42. The van der Waals surface area contributed by atoms with Crippen LogP contribution in [0.2, 0.25) is 0 Å². The zero-order valence-corrected chi connectivity index (χ0v) is 25.2. The normalized spacial score (nSPS) is 11.9. The van der Waals surface area contributed by atoms with Crippen molar-refractivity contribution in [1.82, 2.24) is 0 Å². The van der Waals surface area contributed by atoms with E-state index in [1.165, 1.54) is 110 Å². The van der Waals surface area contributed by atoms with E-state index in [2.05, 4.69) is 83.8 Å². The molecule has 182 valence electrons. The molecule has 0 N–H and O–H groups in total. The molecule has 0 spiro atoms. The van der Waals surface area contributed by atoms with E-state index >= 15 is 0 Å². The van der Waals surface area contributed by atoms with Crippen LogP contribution in [-0.2, 0) is 6.42 Å². The van der Waals surface area contributed by atoms with Gasteiger partial charge in [0.15, 0.2) is 0 Å². The van der Waals surface area contributed by atoms with Crippen LogP contribution in [0, 0.1) is 0 Å². The molecule has 6 rings (SSSR count). The molecule has 2 heteroatoms. The minimum atomic E-state index is -0.115. The second-order valence-electron chi connectivity index (χ2n) is 10.3. The fourth-order valence-corrected chi connectivity index (χ4v) is 10.1. The molecular formula is C34H34SeTe. The number of hydrogen-bond donors (Lipinski definition) is 0. The summed E-state index contributed by atoms with van der Waals surface area (Å²) in [5.41, 5.74) is 2.91. The Hall–Kier alpha value is -1.81. The second kappa shape index (κ2) is 11.3. The molecule has 0 nitrogen and oxygen atoms in total. The molecule has 6 aromatic rings. The van der Waals surface area contributed by atoms with Gasteiger partial charge in [0.05, 0.1) is 0 Å². The molecular weight excluding hydrogens is 615 g/mol. The van der Waals surface area contributed by atoms with Crippen molar-refractivity contribution >= 4 is 74.9 Å². The summed E-state index contributed by atoms with van der Waals surface area (Å²) in [6.45, 7) is 2.29. The average molecular weight is 649 g/mol. The molecule has 0 radical (unpaired) electrons. The van der Waals surface area contributed by atoms with Gasteiger partial charge in [-0.1, -0.05) is 19.8 Å². The van der Waals surface area contributed by atoms with Crippen LogP contribution in [0.5, 0.6) is 0 Å². The molecule has 36 heavy (non-hydrogen) atoms. The average Bonchev–Trinajstić information content (AvgIpc) is 3.52. The summed E-state index contributed by atoms with van der Waals surface area (Å²) < 4.78 is 7.04. The maximum atomic E-state index is 2.46. The molecule has 4 aromatic carbocycles. The third-order valence-electron chi connectivity index (χ3n) is 7.56. The molecule has 0 saturated carbocycles. The second-order valence-corrected chi connectivity index (χ2v) is 15.3. The van der Waals surface area contributed by atoms with Gasteiger partial charge >= 0.3 is 212 Å². The first-order chi connectivity index (χ1) is 17.8. The monoisotopic (exact) mass is 652 g/mol. The predicted octanol–water partition coefficient (Wildman–Crippen LogP) is 9.76. The number of hydrogen-bond acceptors (Lipinski definition) is 0. The van der Waals surface area contributed by atoms with E-state index < -0.39 is 0 Å². The van der Waals surface area contributed by atoms with Gasteiger partial charge in [0.25, 0.3) is 0 Å². The molecule has 0 fully saturated rings. The minimum absolute atomic E-state index is 0.115. The zero-order chi connectivity index (χ0) is 24.3. The van der Waals surface area contributed by atoms with Crippen LogP contribution in [-0.4, -0.2) is 34.9 Å². The first kappa shape index (κ1) is 24.5. The molecule has 0 aliphatic heterocycles. The molecule has 2 heterocycles. The molecule has 0 aliphatic rings. The third kappa shape index (κ3) is 5.39. The van der Waals surface area contributed by atoms with Gasteiger partial charge in [0.2, 0.25) is 0 Å². The third-order valence-corrected chi connectivity index (χ3v) is 12.5. The SMILES string of the molecule is CCCCCCCCCCc1ccc(-c2cc3cc4cc5cc6[te]ccc6cc5cc4cc3[se]2)cc1.